The zero-order valence-corrected chi connectivity index (χ0v) is 28.2. The molecule has 0 bridgehead atoms. The number of carboxylic acids is 1. The summed E-state index contributed by atoms with van der Waals surface area (Å²) in [4.78, 5) is 35.3. The van der Waals surface area contributed by atoms with E-state index in [0.717, 1.165) is 48.9 Å². The first-order chi connectivity index (χ1) is 22.7. The standard InChI is InChI=1S/C26H33NO6.C12H16O2/c1-18(28)17-32-21-8-6-7-20(16-21)23(33-26(29)22-9-4-5-14-27-22)12-10-19-11-13-24(30-2)25(15-19)31-3;1-3-9(2)11(12(13)14)10-7-5-4-6-8-10/h6-8,11,13,15-16,22-23,27H,4-5,9-10,12,14,17H2,1-3H3;4-9,11H,3H2,1-2H3,(H,13,14)/t22-,23?;9?,11-/m01/s1. The van der Waals surface area contributed by atoms with E-state index in [-0.39, 0.29) is 36.2 Å². The van der Waals surface area contributed by atoms with Crippen LogP contribution >= 0.6 is 0 Å². The predicted octanol–water partition coefficient (Wildman–Crippen LogP) is 6.93. The highest BCUT2D eigenvalue weighted by molar-refractivity contribution is 5.77. The second kappa shape index (κ2) is 19.3. The molecule has 4 atom stereocenters. The van der Waals surface area contributed by atoms with Gasteiger partial charge in [0.05, 0.1) is 20.1 Å². The molecule has 0 saturated carbocycles. The van der Waals surface area contributed by atoms with Gasteiger partial charge in [0, 0.05) is 0 Å². The number of ketones is 1. The zero-order valence-electron chi connectivity index (χ0n) is 28.2. The lowest BCUT2D eigenvalue weighted by atomic mass is 9.86. The van der Waals surface area contributed by atoms with Crippen molar-refractivity contribution < 1.29 is 38.4 Å². The van der Waals surface area contributed by atoms with Gasteiger partial charge in [-0.3, -0.25) is 14.4 Å². The van der Waals surface area contributed by atoms with Crippen molar-refractivity contribution in [3.8, 4) is 17.2 Å². The van der Waals surface area contributed by atoms with Crippen LogP contribution in [0, 0.1) is 5.92 Å². The first-order valence-corrected chi connectivity index (χ1v) is 16.3. The SMILES string of the molecule is CCC(C)[C@@H](C(=O)O)c1ccccc1.COc1ccc(CCC(OC(=O)[C@@H]2CCCCN2)c2cccc(OCC(C)=O)c2)cc1OC. The predicted molar refractivity (Wildman–Crippen MR) is 181 cm³/mol. The van der Waals surface area contributed by atoms with E-state index in [1.54, 1.807) is 20.3 Å². The maximum atomic E-state index is 12.9. The lowest BCUT2D eigenvalue weighted by Gasteiger charge is -2.25. The van der Waals surface area contributed by atoms with Crippen molar-refractivity contribution in [1.29, 1.82) is 0 Å². The Kier molecular flexibility index (Phi) is 15.3. The molecule has 1 fully saturated rings. The third-order valence-corrected chi connectivity index (χ3v) is 8.31. The van der Waals surface area contributed by atoms with Gasteiger partial charge in [-0.25, -0.2) is 0 Å². The highest BCUT2D eigenvalue weighted by atomic mass is 16.5. The number of hydrogen-bond donors (Lipinski definition) is 2. The number of benzene rings is 3. The quantitative estimate of drug-likeness (QED) is 0.169. The molecule has 3 aromatic carbocycles. The Morgan fingerprint density at radius 2 is 1.64 bits per heavy atom. The molecular formula is C38H49NO8. The van der Waals surface area contributed by atoms with Gasteiger partial charge in [0.25, 0.3) is 0 Å². The summed E-state index contributed by atoms with van der Waals surface area (Å²) in [5.74, 6) is 0.687. The van der Waals surface area contributed by atoms with E-state index in [0.29, 0.717) is 30.1 Å². The molecule has 9 heteroatoms. The summed E-state index contributed by atoms with van der Waals surface area (Å²) < 4.78 is 22.3. The maximum Gasteiger partial charge on any atom is 0.323 e. The van der Waals surface area contributed by atoms with Crippen molar-refractivity contribution in [2.75, 3.05) is 27.4 Å². The number of aliphatic carboxylic acids is 1. The van der Waals surface area contributed by atoms with Crippen molar-refractivity contribution in [1.82, 2.24) is 5.32 Å². The average molecular weight is 648 g/mol. The van der Waals surface area contributed by atoms with Crippen LogP contribution in [0.25, 0.3) is 0 Å². The first-order valence-electron chi connectivity index (χ1n) is 16.3. The third kappa shape index (κ3) is 11.7. The van der Waals surface area contributed by atoms with Crippen LogP contribution in [0.15, 0.2) is 72.8 Å². The molecule has 1 aliphatic rings. The molecule has 2 N–H and O–H groups in total. The molecule has 1 aliphatic heterocycles. The summed E-state index contributed by atoms with van der Waals surface area (Å²) in [6, 6.07) is 22.3. The minimum Gasteiger partial charge on any atom is -0.493 e. The fourth-order valence-corrected chi connectivity index (χ4v) is 5.50. The fourth-order valence-electron chi connectivity index (χ4n) is 5.50. The van der Waals surface area contributed by atoms with Crippen molar-refractivity contribution in [2.24, 2.45) is 5.92 Å². The van der Waals surface area contributed by atoms with Gasteiger partial charge in [0.15, 0.2) is 17.3 Å². The molecule has 254 valence electrons. The summed E-state index contributed by atoms with van der Waals surface area (Å²) in [6.07, 6.45) is 4.56. The second-order valence-electron chi connectivity index (χ2n) is 11.8. The highest BCUT2D eigenvalue weighted by Gasteiger charge is 2.27. The molecule has 3 aromatic rings. The molecule has 0 radical (unpaired) electrons. The van der Waals surface area contributed by atoms with E-state index < -0.39 is 12.1 Å². The number of ether oxygens (including phenoxy) is 4. The number of esters is 1. The summed E-state index contributed by atoms with van der Waals surface area (Å²) in [5, 5.41) is 12.4. The Morgan fingerprint density at radius 1 is 0.915 bits per heavy atom. The van der Waals surface area contributed by atoms with Gasteiger partial charge in [-0.2, -0.15) is 0 Å². The zero-order chi connectivity index (χ0) is 34.2. The van der Waals surface area contributed by atoms with Gasteiger partial charge in [0.2, 0.25) is 0 Å². The minimum absolute atomic E-state index is 0.00550. The number of nitrogens with one attached hydrogen (secondary N) is 1. The Bertz CT molecular complexity index is 1420. The van der Waals surface area contributed by atoms with E-state index in [9.17, 15) is 14.4 Å². The number of carboxylic acid groups (broad SMARTS) is 1. The van der Waals surface area contributed by atoms with Gasteiger partial charge in [0.1, 0.15) is 24.5 Å². The van der Waals surface area contributed by atoms with Gasteiger partial charge in [-0.05, 0) is 86.0 Å². The summed E-state index contributed by atoms with van der Waals surface area (Å²) in [6.45, 7) is 6.31. The van der Waals surface area contributed by atoms with Crippen LogP contribution in [0.5, 0.6) is 17.2 Å². The van der Waals surface area contributed by atoms with Crippen molar-refractivity contribution >= 4 is 17.7 Å². The average Bonchev–Trinajstić information content (AvgIpc) is 3.10. The van der Waals surface area contributed by atoms with Crippen LogP contribution in [0.1, 0.15) is 81.6 Å². The van der Waals surface area contributed by atoms with Crippen LogP contribution in [0.4, 0.5) is 0 Å². The highest BCUT2D eigenvalue weighted by Crippen LogP contribution is 2.31. The first kappa shape index (κ1) is 37.1. The minimum atomic E-state index is -0.731. The van der Waals surface area contributed by atoms with E-state index in [1.807, 2.05) is 80.6 Å². The molecule has 0 spiro atoms. The third-order valence-electron chi connectivity index (χ3n) is 8.31. The molecular weight excluding hydrogens is 598 g/mol. The Labute approximate surface area is 278 Å². The number of hydrogen-bond acceptors (Lipinski definition) is 8. The molecule has 0 aliphatic carbocycles. The van der Waals surface area contributed by atoms with E-state index in [4.69, 9.17) is 24.1 Å². The van der Waals surface area contributed by atoms with Crippen LogP contribution in [-0.4, -0.2) is 56.2 Å². The topological polar surface area (TPSA) is 120 Å². The molecule has 1 heterocycles. The lowest BCUT2D eigenvalue weighted by molar-refractivity contribution is -0.153. The number of piperidine rings is 1. The monoisotopic (exact) mass is 647 g/mol. The number of carbonyl (C=O) groups is 3. The Balaban J connectivity index is 0.000000358. The number of carbonyl (C=O) groups excluding carboxylic acids is 2. The van der Waals surface area contributed by atoms with Crippen LogP contribution in [0.2, 0.25) is 0 Å². The summed E-state index contributed by atoms with van der Waals surface area (Å²) in [5.41, 5.74) is 2.78. The molecule has 9 nitrogen and oxygen atoms in total. The number of Topliss-reactive ketones (excluding diaryl/α,β-unsaturated/α-hetero) is 1. The van der Waals surface area contributed by atoms with Crippen LogP contribution < -0.4 is 19.5 Å². The Hall–Kier alpha value is -4.37. The molecule has 4 rings (SSSR count). The van der Waals surface area contributed by atoms with Crippen molar-refractivity contribution in [2.45, 2.75) is 77.4 Å². The van der Waals surface area contributed by atoms with Crippen LogP contribution in [0.3, 0.4) is 0 Å². The second-order valence-corrected chi connectivity index (χ2v) is 11.8. The number of aryl methyl sites for hydroxylation is 1. The summed E-state index contributed by atoms with van der Waals surface area (Å²) >= 11 is 0. The van der Waals surface area contributed by atoms with Gasteiger partial charge < -0.3 is 29.4 Å². The number of rotatable bonds is 15. The van der Waals surface area contributed by atoms with E-state index in [2.05, 4.69) is 5.32 Å². The smallest absolute Gasteiger partial charge is 0.323 e. The summed E-state index contributed by atoms with van der Waals surface area (Å²) in [7, 11) is 3.21. The van der Waals surface area contributed by atoms with Crippen molar-refractivity contribution in [3.05, 3.63) is 89.5 Å². The molecule has 0 aromatic heterocycles. The lowest BCUT2D eigenvalue weighted by Crippen LogP contribution is -2.41. The van der Waals surface area contributed by atoms with Gasteiger partial charge in [-0.15, -0.1) is 0 Å². The van der Waals surface area contributed by atoms with Crippen LogP contribution in [-0.2, 0) is 25.5 Å². The van der Waals surface area contributed by atoms with E-state index >= 15 is 0 Å². The van der Waals surface area contributed by atoms with E-state index in [1.165, 1.54) is 6.92 Å². The Morgan fingerprint density at radius 3 is 2.26 bits per heavy atom. The van der Waals surface area contributed by atoms with Gasteiger partial charge in [-0.1, -0.05) is 75.2 Å². The normalized spacial score (nSPS) is 16.0. The van der Waals surface area contributed by atoms with Crippen molar-refractivity contribution in [3.63, 3.8) is 0 Å². The molecule has 47 heavy (non-hydrogen) atoms. The molecule has 2 unspecified atom stereocenters. The number of methoxy groups -OCH3 is 2. The maximum absolute atomic E-state index is 12.9. The molecule has 0 amide bonds. The van der Waals surface area contributed by atoms with Gasteiger partial charge >= 0.3 is 11.9 Å². The fraction of sp³-hybridized carbons (Fsp3) is 0.447. The molecule has 1 saturated heterocycles. The largest absolute Gasteiger partial charge is 0.493 e.